The lowest BCUT2D eigenvalue weighted by atomic mass is 10.2. The summed E-state index contributed by atoms with van der Waals surface area (Å²) in [5.41, 5.74) is 1.09. The standard InChI is InChI=1S/C17H22N4O4S/c1-11(2)19-14(22)8-18-15(23)10-26-17-21-20-16(25-17)9-24-13-6-4-5-12(3)7-13/h4-7,11H,8-10H2,1-3H3,(H,18,23)(H,19,22). The molecule has 1 heterocycles. The lowest BCUT2D eigenvalue weighted by molar-refractivity contribution is -0.125. The van der Waals surface area contributed by atoms with Crippen LogP contribution in [-0.2, 0) is 16.2 Å². The number of carbonyl (C=O) groups excluding carboxylic acids is 2. The number of nitrogens with one attached hydrogen (secondary N) is 2. The molecule has 0 fully saturated rings. The van der Waals surface area contributed by atoms with E-state index in [9.17, 15) is 9.59 Å². The summed E-state index contributed by atoms with van der Waals surface area (Å²) in [4.78, 5) is 23.2. The largest absolute Gasteiger partial charge is 0.484 e. The van der Waals surface area contributed by atoms with Crippen LogP contribution in [0.5, 0.6) is 5.75 Å². The van der Waals surface area contributed by atoms with E-state index in [4.69, 9.17) is 9.15 Å². The Hall–Kier alpha value is -2.55. The first-order valence-corrected chi connectivity index (χ1v) is 9.11. The van der Waals surface area contributed by atoms with Crippen LogP contribution in [0.2, 0.25) is 0 Å². The van der Waals surface area contributed by atoms with Crippen molar-refractivity contribution in [2.75, 3.05) is 12.3 Å². The highest BCUT2D eigenvalue weighted by atomic mass is 32.2. The lowest BCUT2D eigenvalue weighted by Crippen LogP contribution is -2.40. The molecule has 2 aromatic rings. The fraction of sp³-hybridized carbons (Fsp3) is 0.412. The Morgan fingerprint density at radius 3 is 2.81 bits per heavy atom. The molecule has 0 bridgehead atoms. The molecule has 0 unspecified atom stereocenters. The summed E-state index contributed by atoms with van der Waals surface area (Å²) in [7, 11) is 0. The smallest absolute Gasteiger partial charge is 0.277 e. The van der Waals surface area contributed by atoms with Crippen LogP contribution in [-0.4, -0.2) is 40.4 Å². The third-order valence-electron chi connectivity index (χ3n) is 3.02. The van der Waals surface area contributed by atoms with Crippen LogP contribution in [0.4, 0.5) is 0 Å². The van der Waals surface area contributed by atoms with Crippen molar-refractivity contribution in [3.05, 3.63) is 35.7 Å². The molecule has 1 aromatic carbocycles. The van der Waals surface area contributed by atoms with Crippen LogP contribution >= 0.6 is 11.8 Å². The van der Waals surface area contributed by atoms with E-state index < -0.39 is 0 Å². The quantitative estimate of drug-likeness (QED) is 0.640. The Balaban J connectivity index is 1.71. The molecule has 9 heteroatoms. The maximum absolute atomic E-state index is 11.7. The van der Waals surface area contributed by atoms with Crippen molar-refractivity contribution >= 4 is 23.6 Å². The highest BCUT2D eigenvalue weighted by molar-refractivity contribution is 7.99. The number of hydrogen-bond donors (Lipinski definition) is 2. The van der Waals surface area contributed by atoms with E-state index in [1.807, 2.05) is 45.0 Å². The summed E-state index contributed by atoms with van der Waals surface area (Å²) in [5.74, 6) is 0.605. The van der Waals surface area contributed by atoms with E-state index in [0.29, 0.717) is 5.89 Å². The van der Waals surface area contributed by atoms with Crippen LogP contribution in [0.3, 0.4) is 0 Å². The number of thioether (sulfide) groups is 1. The molecule has 0 aliphatic carbocycles. The van der Waals surface area contributed by atoms with E-state index in [0.717, 1.165) is 23.1 Å². The predicted octanol–water partition coefficient (Wildman–Crippen LogP) is 1.69. The van der Waals surface area contributed by atoms with Crippen molar-refractivity contribution < 1.29 is 18.7 Å². The van der Waals surface area contributed by atoms with Gasteiger partial charge in [0.25, 0.3) is 11.1 Å². The summed E-state index contributed by atoms with van der Waals surface area (Å²) in [6.45, 7) is 5.78. The fourth-order valence-corrected chi connectivity index (χ4v) is 2.55. The molecule has 0 saturated carbocycles. The van der Waals surface area contributed by atoms with Crippen LogP contribution < -0.4 is 15.4 Å². The topological polar surface area (TPSA) is 106 Å². The number of aryl methyl sites for hydroxylation is 1. The van der Waals surface area contributed by atoms with Crippen molar-refractivity contribution in [1.29, 1.82) is 0 Å². The van der Waals surface area contributed by atoms with Crippen LogP contribution in [0, 0.1) is 6.92 Å². The molecule has 2 rings (SSSR count). The summed E-state index contributed by atoms with van der Waals surface area (Å²) in [6.07, 6.45) is 0. The summed E-state index contributed by atoms with van der Waals surface area (Å²) < 4.78 is 11.0. The SMILES string of the molecule is Cc1cccc(OCc2nnc(SCC(=O)NCC(=O)NC(C)C)o2)c1. The molecule has 0 radical (unpaired) electrons. The minimum atomic E-state index is -0.287. The second kappa shape index (κ2) is 9.81. The van der Waals surface area contributed by atoms with Gasteiger partial charge in [0, 0.05) is 6.04 Å². The number of benzene rings is 1. The van der Waals surface area contributed by atoms with Crippen molar-refractivity contribution in [3.63, 3.8) is 0 Å². The number of ether oxygens (including phenoxy) is 1. The number of nitrogens with zero attached hydrogens (tertiary/aromatic N) is 2. The first kappa shape index (κ1) is 19.8. The fourth-order valence-electron chi connectivity index (χ4n) is 1.94. The van der Waals surface area contributed by atoms with E-state index in [2.05, 4.69) is 20.8 Å². The van der Waals surface area contributed by atoms with Crippen molar-refractivity contribution in [1.82, 2.24) is 20.8 Å². The zero-order valence-electron chi connectivity index (χ0n) is 14.9. The van der Waals surface area contributed by atoms with Gasteiger partial charge in [0.2, 0.25) is 11.8 Å². The molecule has 0 atom stereocenters. The first-order valence-electron chi connectivity index (χ1n) is 8.13. The molecule has 8 nitrogen and oxygen atoms in total. The molecule has 0 saturated heterocycles. The Labute approximate surface area is 156 Å². The molecular weight excluding hydrogens is 356 g/mol. The molecule has 1 aromatic heterocycles. The molecule has 2 N–H and O–H groups in total. The van der Waals surface area contributed by atoms with Gasteiger partial charge in [0.15, 0.2) is 6.61 Å². The van der Waals surface area contributed by atoms with Gasteiger partial charge in [-0.3, -0.25) is 9.59 Å². The Morgan fingerprint density at radius 2 is 2.08 bits per heavy atom. The van der Waals surface area contributed by atoms with E-state index >= 15 is 0 Å². The third kappa shape index (κ3) is 7.14. The summed E-state index contributed by atoms with van der Waals surface area (Å²) in [5, 5.41) is 13.2. The van der Waals surface area contributed by atoms with Gasteiger partial charge in [0.1, 0.15) is 5.75 Å². The van der Waals surface area contributed by atoms with Gasteiger partial charge >= 0.3 is 0 Å². The van der Waals surface area contributed by atoms with Gasteiger partial charge in [-0.25, -0.2) is 0 Å². The number of carbonyl (C=O) groups is 2. The van der Waals surface area contributed by atoms with Crippen molar-refractivity contribution in [2.45, 2.75) is 38.6 Å². The minimum absolute atomic E-state index is 0.0348. The zero-order chi connectivity index (χ0) is 18.9. The monoisotopic (exact) mass is 378 g/mol. The number of hydrogen-bond acceptors (Lipinski definition) is 7. The van der Waals surface area contributed by atoms with Crippen LogP contribution in [0.1, 0.15) is 25.3 Å². The number of amides is 2. The van der Waals surface area contributed by atoms with Crippen molar-refractivity contribution in [2.24, 2.45) is 0 Å². The molecule has 0 spiro atoms. The van der Waals surface area contributed by atoms with E-state index in [1.54, 1.807) is 0 Å². The highest BCUT2D eigenvalue weighted by Crippen LogP contribution is 2.18. The van der Waals surface area contributed by atoms with Gasteiger partial charge in [-0.05, 0) is 38.5 Å². The predicted molar refractivity (Wildman–Crippen MR) is 96.8 cm³/mol. The Bertz CT molecular complexity index is 748. The van der Waals surface area contributed by atoms with Crippen LogP contribution in [0.15, 0.2) is 33.9 Å². The molecule has 26 heavy (non-hydrogen) atoms. The van der Waals surface area contributed by atoms with Gasteiger partial charge in [-0.1, -0.05) is 23.9 Å². The van der Waals surface area contributed by atoms with Gasteiger partial charge in [-0.2, -0.15) is 0 Å². The highest BCUT2D eigenvalue weighted by Gasteiger charge is 2.11. The molecular formula is C17H22N4O4S. The summed E-state index contributed by atoms with van der Waals surface area (Å²) in [6, 6.07) is 7.67. The van der Waals surface area contributed by atoms with Gasteiger partial charge in [0.05, 0.1) is 12.3 Å². The average Bonchev–Trinajstić information content (AvgIpc) is 3.04. The first-order chi connectivity index (χ1) is 12.4. The molecule has 140 valence electrons. The number of aromatic nitrogens is 2. The van der Waals surface area contributed by atoms with Gasteiger partial charge in [-0.15, -0.1) is 10.2 Å². The number of rotatable bonds is 9. The minimum Gasteiger partial charge on any atom is -0.484 e. The van der Waals surface area contributed by atoms with Crippen molar-refractivity contribution in [3.8, 4) is 5.75 Å². The maximum atomic E-state index is 11.7. The Morgan fingerprint density at radius 1 is 1.27 bits per heavy atom. The Kier molecular flexibility index (Phi) is 7.46. The van der Waals surface area contributed by atoms with Gasteiger partial charge < -0.3 is 19.8 Å². The second-order valence-electron chi connectivity index (χ2n) is 5.85. The normalized spacial score (nSPS) is 10.6. The van der Waals surface area contributed by atoms with Crippen LogP contribution in [0.25, 0.3) is 0 Å². The maximum Gasteiger partial charge on any atom is 0.277 e. The third-order valence-corrected chi connectivity index (χ3v) is 3.84. The summed E-state index contributed by atoms with van der Waals surface area (Å²) >= 11 is 1.10. The second-order valence-corrected chi connectivity index (χ2v) is 6.78. The molecule has 2 amide bonds. The lowest BCUT2D eigenvalue weighted by Gasteiger charge is -2.08. The van der Waals surface area contributed by atoms with E-state index in [1.165, 1.54) is 0 Å². The molecule has 0 aliphatic heterocycles. The zero-order valence-corrected chi connectivity index (χ0v) is 15.8. The average molecular weight is 378 g/mol. The van der Waals surface area contributed by atoms with E-state index in [-0.39, 0.29) is 42.0 Å². The molecule has 0 aliphatic rings.